The molecule has 25 heavy (non-hydrogen) atoms. The van der Waals surface area contributed by atoms with Crippen molar-refractivity contribution in [2.24, 2.45) is 22.5 Å². The second-order valence-electron chi connectivity index (χ2n) is 8.48. The van der Waals surface area contributed by atoms with E-state index in [0.717, 1.165) is 12.8 Å². The lowest BCUT2D eigenvalue weighted by Crippen LogP contribution is -2.41. The molecule has 1 saturated heterocycles. The summed E-state index contributed by atoms with van der Waals surface area (Å²) >= 11 is 0. The predicted molar refractivity (Wildman–Crippen MR) is 97.1 cm³/mol. The van der Waals surface area contributed by atoms with Crippen molar-refractivity contribution in [2.75, 3.05) is 33.0 Å². The van der Waals surface area contributed by atoms with Crippen molar-refractivity contribution in [3.05, 3.63) is 0 Å². The summed E-state index contributed by atoms with van der Waals surface area (Å²) in [4.78, 5) is 11.0. The molecule has 0 radical (unpaired) electrons. The molecule has 0 amide bonds. The number of carbonyl (C=O) groups is 1. The van der Waals surface area contributed by atoms with Gasteiger partial charge in [-0.25, -0.2) is 0 Å². The molecule has 0 aliphatic carbocycles. The molecule has 2 N–H and O–H groups in total. The topological polar surface area (TPSA) is 80.0 Å². The van der Waals surface area contributed by atoms with Crippen molar-refractivity contribution in [2.45, 2.75) is 66.8 Å². The number of nitrogens with two attached hydrogens (primary N) is 1. The van der Waals surface area contributed by atoms with Gasteiger partial charge in [-0.05, 0) is 19.4 Å². The summed E-state index contributed by atoms with van der Waals surface area (Å²) < 4.78 is 22.8. The average Bonchev–Trinajstić information content (AvgIpc) is 2.53. The molecule has 6 heteroatoms. The largest absolute Gasteiger partial charge is 0.460 e. The molecule has 4 atom stereocenters. The Kier molecular flexibility index (Phi) is 8.81. The average molecular weight is 360 g/mol. The summed E-state index contributed by atoms with van der Waals surface area (Å²) in [5, 5.41) is 0. The van der Waals surface area contributed by atoms with Crippen LogP contribution >= 0.6 is 0 Å². The Balaban J connectivity index is 2.34. The molecule has 0 bridgehead atoms. The lowest BCUT2D eigenvalue weighted by atomic mass is 9.88. The summed E-state index contributed by atoms with van der Waals surface area (Å²) in [7, 11) is 0. The predicted octanol–water partition coefficient (Wildman–Crippen LogP) is 2.74. The minimum Gasteiger partial charge on any atom is -0.460 e. The molecular formula is C19H37NO5. The van der Waals surface area contributed by atoms with E-state index in [1.54, 1.807) is 0 Å². The van der Waals surface area contributed by atoms with Crippen molar-refractivity contribution in [3.8, 4) is 0 Å². The van der Waals surface area contributed by atoms with Gasteiger partial charge < -0.3 is 24.7 Å². The molecule has 0 aromatic heterocycles. The van der Waals surface area contributed by atoms with Gasteiger partial charge in [-0.15, -0.1) is 0 Å². The molecule has 0 spiro atoms. The molecule has 0 aromatic carbocycles. The van der Waals surface area contributed by atoms with E-state index in [2.05, 4.69) is 34.6 Å². The normalized spacial score (nSPS) is 26.9. The van der Waals surface area contributed by atoms with Gasteiger partial charge in [0.1, 0.15) is 6.10 Å². The number of rotatable bonds is 10. The van der Waals surface area contributed by atoms with Gasteiger partial charge in [0, 0.05) is 23.7 Å². The number of ether oxygens (including phenoxy) is 4. The van der Waals surface area contributed by atoms with Gasteiger partial charge in [0.25, 0.3) is 0 Å². The third-order valence-electron chi connectivity index (χ3n) is 4.81. The summed E-state index contributed by atoms with van der Waals surface area (Å²) in [6.45, 7) is 14.8. The highest BCUT2D eigenvalue weighted by Gasteiger charge is 2.32. The van der Waals surface area contributed by atoms with Gasteiger partial charge in [0.05, 0.1) is 26.4 Å². The van der Waals surface area contributed by atoms with E-state index in [0.29, 0.717) is 33.0 Å². The van der Waals surface area contributed by atoms with Crippen LogP contribution < -0.4 is 5.73 Å². The van der Waals surface area contributed by atoms with Crippen LogP contribution in [0.3, 0.4) is 0 Å². The Morgan fingerprint density at radius 3 is 2.44 bits per heavy atom. The summed E-state index contributed by atoms with van der Waals surface area (Å²) in [6.07, 6.45) is 1.31. The fraction of sp³-hybridized carbons (Fsp3) is 0.947. The SMILES string of the molecule is CCC(C)(CN)COCC(C)(C)COC1OC[C@H](OC(C)=O)C[C@H]1C. The quantitative estimate of drug-likeness (QED) is 0.604. The second-order valence-corrected chi connectivity index (χ2v) is 8.48. The lowest BCUT2D eigenvalue weighted by molar-refractivity contribution is -0.229. The van der Waals surface area contributed by atoms with Crippen molar-refractivity contribution < 1.29 is 23.7 Å². The Bertz CT molecular complexity index is 409. The smallest absolute Gasteiger partial charge is 0.302 e. The zero-order valence-electron chi connectivity index (χ0n) is 16.8. The fourth-order valence-corrected chi connectivity index (χ4v) is 2.72. The number of hydrogen-bond acceptors (Lipinski definition) is 6. The van der Waals surface area contributed by atoms with E-state index in [1.807, 2.05) is 0 Å². The van der Waals surface area contributed by atoms with Gasteiger partial charge in [0.2, 0.25) is 0 Å². The van der Waals surface area contributed by atoms with Gasteiger partial charge in [-0.1, -0.05) is 34.6 Å². The van der Waals surface area contributed by atoms with Crippen LogP contribution in [-0.2, 0) is 23.7 Å². The molecule has 6 nitrogen and oxygen atoms in total. The maximum absolute atomic E-state index is 11.0. The van der Waals surface area contributed by atoms with Crippen LogP contribution in [0.25, 0.3) is 0 Å². The van der Waals surface area contributed by atoms with Crippen LogP contribution in [0.15, 0.2) is 0 Å². The summed E-state index contributed by atoms with van der Waals surface area (Å²) in [5.41, 5.74) is 5.75. The fourth-order valence-electron chi connectivity index (χ4n) is 2.72. The van der Waals surface area contributed by atoms with Crippen LogP contribution in [0.1, 0.15) is 54.4 Å². The first kappa shape index (κ1) is 22.4. The molecule has 1 aliphatic rings. The van der Waals surface area contributed by atoms with E-state index in [1.165, 1.54) is 6.92 Å². The summed E-state index contributed by atoms with van der Waals surface area (Å²) in [6, 6.07) is 0. The molecule has 1 rings (SSSR count). The van der Waals surface area contributed by atoms with Crippen LogP contribution in [0.5, 0.6) is 0 Å². The van der Waals surface area contributed by atoms with Crippen molar-refractivity contribution in [1.82, 2.24) is 0 Å². The van der Waals surface area contributed by atoms with Crippen LogP contribution in [-0.4, -0.2) is 51.3 Å². The molecular weight excluding hydrogens is 322 g/mol. The number of hydrogen-bond donors (Lipinski definition) is 1. The molecule has 148 valence electrons. The first-order chi connectivity index (χ1) is 11.6. The Labute approximate surface area is 152 Å². The van der Waals surface area contributed by atoms with Gasteiger partial charge in [-0.3, -0.25) is 4.79 Å². The zero-order chi connectivity index (χ0) is 19.1. The number of carbonyl (C=O) groups excluding carboxylic acids is 1. The first-order valence-electron chi connectivity index (χ1n) is 9.29. The maximum Gasteiger partial charge on any atom is 0.302 e. The second kappa shape index (κ2) is 9.86. The lowest BCUT2D eigenvalue weighted by Gasteiger charge is -2.36. The van der Waals surface area contributed by atoms with Crippen LogP contribution in [0.2, 0.25) is 0 Å². The molecule has 0 saturated carbocycles. The van der Waals surface area contributed by atoms with Crippen molar-refractivity contribution >= 4 is 5.97 Å². The van der Waals surface area contributed by atoms with E-state index in [4.69, 9.17) is 24.7 Å². The van der Waals surface area contributed by atoms with Gasteiger partial charge in [0.15, 0.2) is 6.29 Å². The van der Waals surface area contributed by atoms with Crippen LogP contribution in [0, 0.1) is 16.7 Å². The highest BCUT2D eigenvalue weighted by molar-refractivity contribution is 5.66. The number of esters is 1. The van der Waals surface area contributed by atoms with E-state index >= 15 is 0 Å². The van der Waals surface area contributed by atoms with Crippen LogP contribution in [0.4, 0.5) is 0 Å². The van der Waals surface area contributed by atoms with E-state index in [-0.39, 0.29) is 35.1 Å². The standard InChI is InChI=1S/C19H37NO5/c1-7-19(6,10-20)13-22-11-18(4,5)12-24-17-14(2)8-16(9-23-17)25-15(3)21/h14,16-17H,7-13,20H2,1-6H3/t14-,16-,17?,19?/m1/s1. The van der Waals surface area contributed by atoms with Gasteiger partial charge in [-0.2, -0.15) is 0 Å². The maximum atomic E-state index is 11.0. The minimum absolute atomic E-state index is 0.0314. The Morgan fingerprint density at radius 2 is 1.92 bits per heavy atom. The van der Waals surface area contributed by atoms with E-state index in [9.17, 15) is 4.79 Å². The molecule has 1 fully saturated rings. The monoisotopic (exact) mass is 359 g/mol. The highest BCUT2D eigenvalue weighted by atomic mass is 16.7. The third kappa shape index (κ3) is 8.03. The third-order valence-corrected chi connectivity index (χ3v) is 4.81. The molecule has 0 aromatic rings. The minimum atomic E-state index is -0.269. The van der Waals surface area contributed by atoms with Crippen molar-refractivity contribution in [1.29, 1.82) is 0 Å². The molecule has 1 aliphatic heterocycles. The highest BCUT2D eigenvalue weighted by Crippen LogP contribution is 2.27. The molecule has 1 heterocycles. The molecule has 2 unspecified atom stereocenters. The summed E-state index contributed by atoms with van der Waals surface area (Å²) in [5.74, 6) is -0.0922. The zero-order valence-corrected chi connectivity index (χ0v) is 16.8. The Morgan fingerprint density at radius 1 is 1.24 bits per heavy atom. The first-order valence-corrected chi connectivity index (χ1v) is 9.29. The van der Waals surface area contributed by atoms with E-state index < -0.39 is 0 Å². The van der Waals surface area contributed by atoms with Gasteiger partial charge >= 0.3 is 5.97 Å². The van der Waals surface area contributed by atoms with Crippen molar-refractivity contribution in [3.63, 3.8) is 0 Å². The Hall–Kier alpha value is -0.690.